The largest absolute Gasteiger partial charge is 0.458 e. The molecule has 4 rings (SSSR count). The summed E-state index contributed by atoms with van der Waals surface area (Å²) in [5.74, 6) is -0.154. The molecule has 152 valence electrons. The van der Waals surface area contributed by atoms with Crippen LogP contribution >= 0.6 is 0 Å². The van der Waals surface area contributed by atoms with Crippen LogP contribution in [0.15, 0.2) is 48.3 Å². The summed E-state index contributed by atoms with van der Waals surface area (Å²) in [6.07, 6.45) is 2.43. The van der Waals surface area contributed by atoms with Crippen molar-refractivity contribution in [3.05, 3.63) is 53.9 Å². The van der Waals surface area contributed by atoms with Crippen molar-refractivity contribution in [2.75, 3.05) is 0 Å². The molecule has 2 heterocycles. The molecule has 0 unspecified atom stereocenters. The van der Waals surface area contributed by atoms with Crippen LogP contribution in [0.4, 0.5) is 4.39 Å². The minimum atomic E-state index is -0.379. The Morgan fingerprint density at radius 1 is 1.00 bits per heavy atom. The minimum absolute atomic E-state index is 0.154. The van der Waals surface area contributed by atoms with Crippen LogP contribution in [-0.2, 0) is 15.9 Å². The molecule has 0 aliphatic carbocycles. The molecule has 2 aromatic carbocycles. The lowest BCUT2D eigenvalue weighted by atomic mass is 9.83. The number of aromatic nitrogens is 1. The number of rotatable bonds is 5. The standard InChI is InChI=1S/C24H29BFNO2/c1-6-27-21-10-8-7-9-19(21)20-16-17(11-12-22(20)27)15-18(26)13-14-25-28-23(2,3)24(4,5)29-25/h7-12,15-16H,6,13-14H2,1-5H3/b18-15-. The molecule has 1 aliphatic rings. The molecule has 0 N–H and O–H groups in total. The number of nitrogens with zero attached hydrogens (tertiary/aromatic N) is 1. The maximum Gasteiger partial charge on any atom is 0.458 e. The molecule has 3 nitrogen and oxygen atoms in total. The molecule has 0 saturated carbocycles. The number of halogens is 1. The second-order valence-electron chi connectivity index (χ2n) is 8.85. The molecule has 0 spiro atoms. The SMILES string of the molecule is CCn1c2ccccc2c2cc(/C=C(\F)CCB3OC(C)(C)C(C)(C)O3)ccc21. The topological polar surface area (TPSA) is 23.4 Å². The lowest BCUT2D eigenvalue weighted by molar-refractivity contribution is 0.00578. The van der Waals surface area contributed by atoms with Gasteiger partial charge in [0.1, 0.15) is 5.83 Å². The molecular weight excluding hydrogens is 364 g/mol. The first kappa shape index (κ1) is 20.2. The van der Waals surface area contributed by atoms with Crippen LogP contribution in [-0.4, -0.2) is 22.9 Å². The first-order valence-corrected chi connectivity index (χ1v) is 10.4. The van der Waals surface area contributed by atoms with Crippen LogP contribution in [0.3, 0.4) is 0 Å². The van der Waals surface area contributed by atoms with Crippen molar-refractivity contribution in [1.82, 2.24) is 4.57 Å². The Bertz CT molecular complexity index is 1070. The van der Waals surface area contributed by atoms with E-state index in [-0.39, 0.29) is 24.1 Å². The highest BCUT2D eigenvalue weighted by Gasteiger charge is 2.50. The van der Waals surface area contributed by atoms with Crippen molar-refractivity contribution in [3.8, 4) is 0 Å². The van der Waals surface area contributed by atoms with Gasteiger partial charge in [0.15, 0.2) is 0 Å². The average molecular weight is 393 g/mol. The van der Waals surface area contributed by atoms with Crippen molar-refractivity contribution in [3.63, 3.8) is 0 Å². The zero-order valence-electron chi connectivity index (χ0n) is 18.0. The van der Waals surface area contributed by atoms with E-state index in [2.05, 4.69) is 47.9 Å². The Morgan fingerprint density at radius 3 is 2.34 bits per heavy atom. The summed E-state index contributed by atoms with van der Waals surface area (Å²) in [7, 11) is -0.371. The van der Waals surface area contributed by atoms with Gasteiger partial charge in [0.05, 0.1) is 11.2 Å². The maximum atomic E-state index is 14.7. The van der Waals surface area contributed by atoms with Gasteiger partial charge in [-0.15, -0.1) is 0 Å². The van der Waals surface area contributed by atoms with E-state index in [4.69, 9.17) is 9.31 Å². The molecule has 0 atom stereocenters. The number of para-hydroxylation sites is 1. The zero-order chi connectivity index (χ0) is 20.8. The van der Waals surface area contributed by atoms with E-state index < -0.39 is 0 Å². The minimum Gasteiger partial charge on any atom is -0.403 e. The molecule has 0 radical (unpaired) electrons. The molecule has 1 saturated heterocycles. The van der Waals surface area contributed by atoms with E-state index in [1.807, 2.05) is 33.8 Å². The summed E-state index contributed by atoms with van der Waals surface area (Å²) in [6.45, 7) is 11.1. The Hall–Kier alpha value is -2.11. The molecule has 3 aromatic rings. The van der Waals surface area contributed by atoms with Crippen molar-refractivity contribution in [1.29, 1.82) is 0 Å². The second kappa shape index (κ2) is 7.30. The third-order valence-corrected chi connectivity index (χ3v) is 6.36. The maximum absolute atomic E-state index is 14.7. The van der Waals surface area contributed by atoms with E-state index in [0.717, 1.165) is 17.5 Å². The molecule has 0 amide bonds. The Kier molecular flexibility index (Phi) is 5.08. The van der Waals surface area contributed by atoms with Gasteiger partial charge in [-0.3, -0.25) is 0 Å². The van der Waals surface area contributed by atoms with Crippen molar-refractivity contribution >= 4 is 35.0 Å². The third kappa shape index (κ3) is 3.62. The average Bonchev–Trinajstić information content (AvgIpc) is 3.09. The van der Waals surface area contributed by atoms with E-state index in [9.17, 15) is 4.39 Å². The monoisotopic (exact) mass is 393 g/mol. The van der Waals surface area contributed by atoms with Crippen LogP contribution < -0.4 is 0 Å². The van der Waals surface area contributed by atoms with Gasteiger partial charge < -0.3 is 13.9 Å². The summed E-state index contributed by atoms with van der Waals surface area (Å²) in [5.41, 5.74) is 2.52. The van der Waals surface area contributed by atoms with Gasteiger partial charge in [0.25, 0.3) is 0 Å². The quantitative estimate of drug-likeness (QED) is 0.456. The fourth-order valence-corrected chi connectivity index (χ4v) is 4.09. The summed E-state index contributed by atoms with van der Waals surface area (Å²) >= 11 is 0. The Morgan fingerprint density at radius 2 is 1.66 bits per heavy atom. The van der Waals surface area contributed by atoms with Crippen LogP contribution in [0.5, 0.6) is 0 Å². The smallest absolute Gasteiger partial charge is 0.403 e. The van der Waals surface area contributed by atoms with Crippen molar-refractivity contribution in [2.24, 2.45) is 0 Å². The number of benzene rings is 2. The van der Waals surface area contributed by atoms with Crippen LogP contribution in [0.1, 0.15) is 46.6 Å². The summed E-state index contributed by atoms with van der Waals surface area (Å²) < 4.78 is 28.9. The highest BCUT2D eigenvalue weighted by Crippen LogP contribution is 2.38. The fraction of sp³-hybridized carbons (Fsp3) is 0.417. The summed E-state index contributed by atoms with van der Waals surface area (Å²) in [6, 6.07) is 14.5. The Labute approximate surface area is 172 Å². The second-order valence-corrected chi connectivity index (χ2v) is 8.85. The van der Waals surface area contributed by atoms with Crippen LogP contribution in [0.25, 0.3) is 27.9 Å². The van der Waals surface area contributed by atoms with Gasteiger partial charge in [-0.25, -0.2) is 4.39 Å². The first-order valence-electron chi connectivity index (χ1n) is 10.4. The van der Waals surface area contributed by atoms with Crippen molar-refractivity contribution < 1.29 is 13.7 Å². The molecule has 29 heavy (non-hydrogen) atoms. The highest BCUT2D eigenvalue weighted by molar-refractivity contribution is 6.45. The lowest BCUT2D eigenvalue weighted by Crippen LogP contribution is -2.41. The summed E-state index contributed by atoms with van der Waals surface area (Å²) in [4.78, 5) is 0. The van der Waals surface area contributed by atoms with E-state index in [1.165, 1.54) is 16.4 Å². The lowest BCUT2D eigenvalue weighted by Gasteiger charge is -2.32. The molecule has 1 aliphatic heterocycles. The van der Waals surface area contributed by atoms with Gasteiger partial charge in [-0.2, -0.15) is 0 Å². The van der Waals surface area contributed by atoms with E-state index >= 15 is 0 Å². The van der Waals surface area contributed by atoms with Gasteiger partial charge in [0.2, 0.25) is 0 Å². The fourth-order valence-electron chi connectivity index (χ4n) is 4.09. The number of fused-ring (bicyclic) bond motifs is 3. The number of allylic oxidation sites excluding steroid dienone is 1. The Balaban J connectivity index is 1.54. The molecule has 1 aromatic heterocycles. The summed E-state index contributed by atoms with van der Waals surface area (Å²) in [5, 5.41) is 2.37. The van der Waals surface area contributed by atoms with E-state index in [1.54, 1.807) is 6.08 Å². The van der Waals surface area contributed by atoms with Gasteiger partial charge in [-0.05, 0) is 77.2 Å². The highest BCUT2D eigenvalue weighted by atomic mass is 19.1. The molecular formula is C24H29BFNO2. The van der Waals surface area contributed by atoms with Crippen LogP contribution in [0, 0.1) is 0 Å². The first-order chi connectivity index (χ1) is 13.7. The molecule has 1 fully saturated rings. The van der Waals surface area contributed by atoms with Gasteiger partial charge in [-0.1, -0.05) is 24.3 Å². The number of hydrogen-bond acceptors (Lipinski definition) is 2. The van der Waals surface area contributed by atoms with E-state index in [0.29, 0.717) is 12.7 Å². The predicted octanol–water partition coefficient (Wildman–Crippen LogP) is 6.61. The third-order valence-electron chi connectivity index (χ3n) is 6.36. The number of aryl methyl sites for hydroxylation is 1. The zero-order valence-corrected chi connectivity index (χ0v) is 18.0. The van der Waals surface area contributed by atoms with Crippen LogP contribution in [0.2, 0.25) is 6.32 Å². The molecule has 0 bridgehead atoms. The molecule has 5 heteroatoms. The normalized spacial score (nSPS) is 18.8. The van der Waals surface area contributed by atoms with Gasteiger partial charge >= 0.3 is 7.12 Å². The number of hydrogen-bond donors (Lipinski definition) is 0. The van der Waals surface area contributed by atoms with Gasteiger partial charge in [0, 0.05) is 28.4 Å². The van der Waals surface area contributed by atoms with Crippen molar-refractivity contribution in [2.45, 2.75) is 65.1 Å². The predicted molar refractivity (Wildman–Crippen MR) is 120 cm³/mol.